The molecule has 0 aromatic heterocycles. The molecule has 12 heavy (non-hydrogen) atoms. The highest BCUT2D eigenvalue weighted by Gasteiger charge is 2.27. The van der Waals surface area contributed by atoms with E-state index in [0.717, 1.165) is 32.5 Å². The van der Waals surface area contributed by atoms with Gasteiger partial charge in [-0.25, -0.2) is 0 Å². The van der Waals surface area contributed by atoms with Crippen LogP contribution in [-0.4, -0.2) is 36.9 Å². The summed E-state index contributed by atoms with van der Waals surface area (Å²) in [4.78, 5) is 0. The first-order chi connectivity index (χ1) is 5.77. The van der Waals surface area contributed by atoms with Crippen molar-refractivity contribution in [1.29, 1.82) is 0 Å². The van der Waals surface area contributed by atoms with Crippen molar-refractivity contribution >= 4 is 0 Å². The number of aliphatic hydroxyl groups is 1. The van der Waals surface area contributed by atoms with Gasteiger partial charge in [0.2, 0.25) is 0 Å². The van der Waals surface area contributed by atoms with Crippen LogP contribution in [0.3, 0.4) is 0 Å². The minimum atomic E-state index is -0.492. The van der Waals surface area contributed by atoms with E-state index in [9.17, 15) is 5.11 Å². The van der Waals surface area contributed by atoms with Crippen molar-refractivity contribution in [3.63, 3.8) is 0 Å². The van der Waals surface area contributed by atoms with Crippen molar-refractivity contribution in [3.05, 3.63) is 12.7 Å². The molecule has 0 aromatic rings. The second-order valence-corrected chi connectivity index (χ2v) is 3.39. The van der Waals surface area contributed by atoms with Gasteiger partial charge in [-0.3, -0.25) is 0 Å². The highest BCUT2D eigenvalue weighted by atomic mass is 16.3. The summed E-state index contributed by atoms with van der Waals surface area (Å²) in [5.41, 5.74) is -0.492. The van der Waals surface area contributed by atoms with Crippen molar-refractivity contribution in [1.82, 2.24) is 10.6 Å². The van der Waals surface area contributed by atoms with Gasteiger partial charge in [-0.05, 0) is 25.9 Å². The molecule has 70 valence electrons. The molecule has 0 atom stereocenters. The van der Waals surface area contributed by atoms with Crippen LogP contribution in [0.1, 0.15) is 12.8 Å². The fourth-order valence-corrected chi connectivity index (χ4v) is 1.48. The van der Waals surface area contributed by atoms with E-state index >= 15 is 0 Å². The van der Waals surface area contributed by atoms with Gasteiger partial charge in [-0.2, -0.15) is 0 Å². The number of hydrogen-bond acceptors (Lipinski definition) is 3. The van der Waals surface area contributed by atoms with Crippen molar-refractivity contribution in [2.75, 3.05) is 26.2 Å². The molecule has 0 spiro atoms. The first-order valence-corrected chi connectivity index (χ1v) is 4.51. The van der Waals surface area contributed by atoms with Crippen molar-refractivity contribution in [3.8, 4) is 0 Å². The van der Waals surface area contributed by atoms with Gasteiger partial charge in [-0.1, -0.05) is 6.08 Å². The molecule has 1 aliphatic rings. The highest BCUT2D eigenvalue weighted by molar-refractivity contribution is 4.87. The predicted molar refractivity (Wildman–Crippen MR) is 50.1 cm³/mol. The van der Waals surface area contributed by atoms with Gasteiger partial charge in [0.1, 0.15) is 0 Å². The lowest BCUT2D eigenvalue weighted by Gasteiger charge is -2.32. The number of rotatable bonds is 4. The Bertz CT molecular complexity index is 141. The topological polar surface area (TPSA) is 44.3 Å². The van der Waals surface area contributed by atoms with Crippen LogP contribution in [0.2, 0.25) is 0 Å². The van der Waals surface area contributed by atoms with Crippen LogP contribution in [-0.2, 0) is 0 Å². The molecule has 1 rings (SSSR count). The molecule has 0 radical (unpaired) electrons. The second kappa shape index (κ2) is 4.60. The third kappa shape index (κ3) is 2.93. The van der Waals surface area contributed by atoms with E-state index in [0.29, 0.717) is 6.54 Å². The lowest BCUT2D eigenvalue weighted by atomic mass is 9.92. The van der Waals surface area contributed by atoms with Crippen LogP contribution in [0, 0.1) is 0 Å². The number of hydrogen-bond donors (Lipinski definition) is 3. The third-order valence-electron chi connectivity index (χ3n) is 2.28. The Morgan fingerprint density at radius 2 is 2.17 bits per heavy atom. The van der Waals surface area contributed by atoms with Gasteiger partial charge >= 0.3 is 0 Å². The molecule has 0 aliphatic carbocycles. The predicted octanol–water partition coefficient (Wildman–Crippen LogP) is -0.124. The first kappa shape index (κ1) is 9.71. The number of piperidine rings is 1. The molecule has 3 N–H and O–H groups in total. The Morgan fingerprint density at radius 3 is 2.75 bits per heavy atom. The molecule has 0 unspecified atom stereocenters. The van der Waals surface area contributed by atoms with E-state index in [4.69, 9.17) is 0 Å². The zero-order valence-electron chi connectivity index (χ0n) is 7.47. The average Bonchev–Trinajstić information content (AvgIpc) is 2.06. The Hall–Kier alpha value is -0.380. The van der Waals surface area contributed by atoms with Gasteiger partial charge in [-0.15, -0.1) is 6.58 Å². The van der Waals surface area contributed by atoms with Crippen molar-refractivity contribution < 1.29 is 5.11 Å². The maximum atomic E-state index is 9.96. The molecule has 1 aliphatic heterocycles. The summed E-state index contributed by atoms with van der Waals surface area (Å²) >= 11 is 0. The number of nitrogens with one attached hydrogen (secondary N) is 2. The maximum Gasteiger partial charge on any atom is 0.0795 e. The van der Waals surface area contributed by atoms with Crippen LogP contribution in [0.25, 0.3) is 0 Å². The molecule has 1 fully saturated rings. The molecule has 3 nitrogen and oxygen atoms in total. The lowest BCUT2D eigenvalue weighted by molar-refractivity contribution is 0.0120. The lowest BCUT2D eigenvalue weighted by Crippen LogP contribution is -2.48. The Labute approximate surface area is 73.9 Å². The monoisotopic (exact) mass is 170 g/mol. The van der Waals surface area contributed by atoms with Crippen LogP contribution in [0.5, 0.6) is 0 Å². The Balaban J connectivity index is 2.21. The summed E-state index contributed by atoms with van der Waals surface area (Å²) in [5, 5.41) is 16.3. The summed E-state index contributed by atoms with van der Waals surface area (Å²) in [7, 11) is 0. The van der Waals surface area contributed by atoms with E-state index < -0.39 is 5.60 Å². The molecular weight excluding hydrogens is 152 g/mol. The summed E-state index contributed by atoms with van der Waals surface area (Å²) in [6, 6.07) is 0. The molecule has 0 saturated carbocycles. The fraction of sp³-hybridized carbons (Fsp3) is 0.778. The van der Waals surface area contributed by atoms with E-state index in [1.807, 2.05) is 6.08 Å². The minimum Gasteiger partial charge on any atom is -0.388 e. The minimum absolute atomic E-state index is 0.492. The van der Waals surface area contributed by atoms with E-state index in [2.05, 4.69) is 17.2 Å². The van der Waals surface area contributed by atoms with Crippen molar-refractivity contribution in [2.24, 2.45) is 0 Å². The largest absolute Gasteiger partial charge is 0.388 e. The molecule has 3 heteroatoms. The van der Waals surface area contributed by atoms with E-state index in [1.54, 1.807) is 0 Å². The first-order valence-electron chi connectivity index (χ1n) is 4.51. The normalized spacial score (nSPS) is 22.1. The van der Waals surface area contributed by atoms with Crippen LogP contribution >= 0.6 is 0 Å². The quantitative estimate of drug-likeness (QED) is 0.407. The summed E-state index contributed by atoms with van der Waals surface area (Å²) in [6.45, 7) is 6.91. The zero-order valence-corrected chi connectivity index (χ0v) is 7.47. The van der Waals surface area contributed by atoms with E-state index in [1.165, 1.54) is 0 Å². The highest BCUT2D eigenvalue weighted by Crippen LogP contribution is 2.16. The zero-order chi connectivity index (χ0) is 8.86. The molecule has 1 heterocycles. The molecular formula is C9H18N2O. The van der Waals surface area contributed by atoms with Crippen LogP contribution in [0.15, 0.2) is 12.7 Å². The molecule has 0 aromatic carbocycles. The molecule has 0 amide bonds. The summed E-state index contributed by atoms with van der Waals surface area (Å²) in [5.74, 6) is 0. The summed E-state index contributed by atoms with van der Waals surface area (Å²) < 4.78 is 0. The molecule has 0 bridgehead atoms. The van der Waals surface area contributed by atoms with Crippen LogP contribution < -0.4 is 10.6 Å². The average molecular weight is 170 g/mol. The van der Waals surface area contributed by atoms with Crippen LogP contribution in [0.4, 0.5) is 0 Å². The summed E-state index contributed by atoms with van der Waals surface area (Å²) in [6.07, 6.45) is 3.50. The fourth-order valence-electron chi connectivity index (χ4n) is 1.48. The Kier molecular flexibility index (Phi) is 3.72. The second-order valence-electron chi connectivity index (χ2n) is 3.39. The van der Waals surface area contributed by atoms with Gasteiger partial charge in [0, 0.05) is 13.1 Å². The molecule has 1 saturated heterocycles. The third-order valence-corrected chi connectivity index (χ3v) is 2.28. The van der Waals surface area contributed by atoms with Gasteiger partial charge < -0.3 is 15.7 Å². The van der Waals surface area contributed by atoms with Crippen molar-refractivity contribution in [2.45, 2.75) is 18.4 Å². The smallest absolute Gasteiger partial charge is 0.0795 e. The van der Waals surface area contributed by atoms with Gasteiger partial charge in [0.15, 0.2) is 0 Å². The van der Waals surface area contributed by atoms with E-state index in [-0.39, 0.29) is 0 Å². The SMILES string of the molecule is C=CCNCC1(O)CCNCC1. The maximum absolute atomic E-state index is 9.96. The Morgan fingerprint density at radius 1 is 1.50 bits per heavy atom. The standard InChI is InChI=1S/C9H18N2O/c1-2-5-11-8-9(12)3-6-10-7-4-9/h2,10-12H,1,3-8H2. The van der Waals surface area contributed by atoms with Gasteiger partial charge in [0.05, 0.1) is 5.60 Å². The van der Waals surface area contributed by atoms with Gasteiger partial charge in [0.25, 0.3) is 0 Å².